The number of nitrogens with one attached hydrogen (secondary N) is 1. The topological polar surface area (TPSA) is 119 Å². The summed E-state index contributed by atoms with van der Waals surface area (Å²) in [5, 5.41) is 9.99. The second-order valence-electron chi connectivity index (χ2n) is 4.25. The predicted octanol–water partition coefficient (Wildman–Crippen LogP) is 1.38. The number of carboxylic acids is 1. The fourth-order valence-corrected chi connectivity index (χ4v) is 1.63. The van der Waals surface area contributed by atoms with E-state index in [9.17, 15) is 14.4 Å². The number of hydrogen-bond acceptors (Lipinski definition) is 5. The van der Waals surface area contributed by atoms with Crippen LogP contribution < -0.4 is 16.0 Å². The Morgan fingerprint density at radius 1 is 1.09 bits per heavy atom. The standard InChI is InChI=1S/C12H10O2.C4H6N2O3/c1-9(13)14-12-8-4-6-10-5-2-3-7-11(10)12;5-6-3(7)1-2-4(8)9/h2-8H,1H3;1-2H,5H2,(H,6,7)(H,8,9)/b;2-1-. The number of esters is 1. The number of rotatable bonds is 3. The van der Waals surface area contributed by atoms with Gasteiger partial charge in [-0.1, -0.05) is 36.4 Å². The highest BCUT2D eigenvalue weighted by molar-refractivity contribution is 5.93. The van der Waals surface area contributed by atoms with E-state index < -0.39 is 11.9 Å². The maximum atomic E-state index is 10.8. The number of fused-ring (bicyclic) bond motifs is 1. The minimum atomic E-state index is -1.18. The highest BCUT2D eigenvalue weighted by Gasteiger charge is 2.02. The molecule has 2 aromatic carbocycles. The average Bonchev–Trinajstić information content (AvgIpc) is 2.53. The van der Waals surface area contributed by atoms with E-state index in [-0.39, 0.29) is 5.97 Å². The Kier molecular flexibility index (Phi) is 6.96. The molecule has 120 valence electrons. The van der Waals surface area contributed by atoms with Gasteiger partial charge in [-0.2, -0.15) is 0 Å². The van der Waals surface area contributed by atoms with Crippen molar-refractivity contribution in [2.75, 3.05) is 0 Å². The second-order valence-corrected chi connectivity index (χ2v) is 4.25. The van der Waals surface area contributed by atoms with Gasteiger partial charge in [-0.05, 0) is 11.5 Å². The zero-order valence-corrected chi connectivity index (χ0v) is 12.4. The number of carboxylic acid groups (broad SMARTS) is 1. The van der Waals surface area contributed by atoms with Crippen molar-refractivity contribution in [1.29, 1.82) is 0 Å². The predicted molar refractivity (Wildman–Crippen MR) is 84.4 cm³/mol. The van der Waals surface area contributed by atoms with E-state index >= 15 is 0 Å². The Labute approximate surface area is 132 Å². The summed E-state index contributed by atoms with van der Waals surface area (Å²) in [5.74, 6) is 3.12. The van der Waals surface area contributed by atoms with Crippen molar-refractivity contribution in [3.8, 4) is 5.75 Å². The van der Waals surface area contributed by atoms with Gasteiger partial charge in [-0.25, -0.2) is 10.6 Å². The van der Waals surface area contributed by atoms with Crippen LogP contribution in [0.5, 0.6) is 5.75 Å². The monoisotopic (exact) mass is 316 g/mol. The number of carbonyl (C=O) groups is 3. The molecule has 0 heterocycles. The lowest BCUT2D eigenvalue weighted by Gasteiger charge is -2.04. The molecule has 0 aliphatic rings. The Hall–Kier alpha value is -3.19. The van der Waals surface area contributed by atoms with Gasteiger partial charge >= 0.3 is 11.9 Å². The molecule has 2 rings (SSSR count). The summed E-state index contributed by atoms with van der Waals surface area (Å²) in [7, 11) is 0. The van der Waals surface area contributed by atoms with E-state index in [0.717, 1.165) is 16.8 Å². The molecule has 0 bridgehead atoms. The smallest absolute Gasteiger partial charge is 0.328 e. The highest BCUT2D eigenvalue weighted by atomic mass is 16.5. The van der Waals surface area contributed by atoms with Crippen LogP contribution in [0, 0.1) is 0 Å². The SMILES string of the molecule is CC(=O)Oc1cccc2ccccc12.NNC(=O)/C=C\C(=O)O. The number of nitrogens with two attached hydrogens (primary N) is 1. The van der Waals surface area contributed by atoms with Gasteiger partial charge in [-0.3, -0.25) is 15.0 Å². The maximum absolute atomic E-state index is 10.8. The summed E-state index contributed by atoms with van der Waals surface area (Å²) in [6.07, 6.45) is 1.52. The Balaban J connectivity index is 0.000000257. The maximum Gasteiger partial charge on any atom is 0.328 e. The zero-order valence-electron chi connectivity index (χ0n) is 12.4. The molecule has 23 heavy (non-hydrogen) atoms. The molecule has 4 N–H and O–H groups in total. The van der Waals surface area contributed by atoms with Gasteiger partial charge in [0.2, 0.25) is 0 Å². The molecule has 0 spiro atoms. The van der Waals surface area contributed by atoms with Crippen LogP contribution in [-0.4, -0.2) is 23.0 Å². The molecular weight excluding hydrogens is 300 g/mol. The Morgan fingerprint density at radius 3 is 2.35 bits per heavy atom. The summed E-state index contributed by atoms with van der Waals surface area (Å²) in [5.41, 5.74) is 1.73. The first-order valence-corrected chi connectivity index (χ1v) is 6.51. The fraction of sp³-hybridized carbons (Fsp3) is 0.0625. The average molecular weight is 316 g/mol. The summed E-state index contributed by atoms with van der Waals surface area (Å²) in [6.45, 7) is 1.40. The molecule has 0 fully saturated rings. The van der Waals surface area contributed by atoms with Gasteiger partial charge in [0.25, 0.3) is 5.91 Å². The lowest BCUT2D eigenvalue weighted by atomic mass is 10.1. The summed E-state index contributed by atoms with van der Waals surface area (Å²) < 4.78 is 5.09. The van der Waals surface area contributed by atoms with Crippen LogP contribution in [0.15, 0.2) is 54.6 Å². The molecule has 0 aromatic heterocycles. The molecule has 7 heteroatoms. The molecule has 0 saturated carbocycles. The van der Waals surface area contributed by atoms with E-state index in [1.807, 2.05) is 36.4 Å². The third-order valence-corrected chi connectivity index (χ3v) is 2.52. The molecule has 0 aliphatic heterocycles. The molecular formula is C16H16N2O5. The van der Waals surface area contributed by atoms with Crippen LogP contribution >= 0.6 is 0 Å². The van der Waals surface area contributed by atoms with E-state index in [1.165, 1.54) is 6.92 Å². The number of ether oxygens (including phenoxy) is 1. The quantitative estimate of drug-likeness (QED) is 0.197. The molecule has 7 nitrogen and oxygen atoms in total. The molecule has 0 saturated heterocycles. The number of aliphatic carboxylic acids is 1. The second kappa shape index (κ2) is 8.96. The largest absolute Gasteiger partial charge is 0.478 e. The van der Waals surface area contributed by atoms with Gasteiger partial charge in [0.15, 0.2) is 0 Å². The lowest BCUT2D eigenvalue weighted by Crippen LogP contribution is -2.28. The van der Waals surface area contributed by atoms with Crippen LogP contribution in [0.2, 0.25) is 0 Å². The first kappa shape index (κ1) is 17.9. The Bertz CT molecular complexity index is 735. The number of hydrazine groups is 1. The minimum Gasteiger partial charge on any atom is -0.478 e. The number of amides is 1. The first-order valence-electron chi connectivity index (χ1n) is 6.51. The van der Waals surface area contributed by atoms with Gasteiger partial charge in [0.1, 0.15) is 5.75 Å². The van der Waals surface area contributed by atoms with Crippen LogP contribution in [0.3, 0.4) is 0 Å². The van der Waals surface area contributed by atoms with Crippen molar-refractivity contribution in [3.05, 3.63) is 54.6 Å². The summed E-state index contributed by atoms with van der Waals surface area (Å²) in [6, 6.07) is 13.5. The first-order chi connectivity index (χ1) is 10.9. The van der Waals surface area contributed by atoms with Crippen molar-refractivity contribution in [1.82, 2.24) is 5.43 Å². The van der Waals surface area contributed by atoms with Gasteiger partial charge < -0.3 is 9.84 Å². The van der Waals surface area contributed by atoms with Crippen LogP contribution in [0.1, 0.15) is 6.92 Å². The number of benzene rings is 2. The Morgan fingerprint density at radius 2 is 1.74 bits per heavy atom. The fourth-order valence-electron chi connectivity index (χ4n) is 1.63. The van der Waals surface area contributed by atoms with Crippen LogP contribution in [-0.2, 0) is 14.4 Å². The third kappa shape index (κ3) is 6.40. The van der Waals surface area contributed by atoms with E-state index in [0.29, 0.717) is 11.8 Å². The zero-order chi connectivity index (χ0) is 17.2. The van der Waals surface area contributed by atoms with E-state index in [1.54, 1.807) is 11.5 Å². The van der Waals surface area contributed by atoms with Crippen molar-refractivity contribution in [2.24, 2.45) is 5.84 Å². The van der Waals surface area contributed by atoms with Crippen molar-refractivity contribution in [2.45, 2.75) is 6.92 Å². The van der Waals surface area contributed by atoms with Gasteiger partial charge in [0.05, 0.1) is 0 Å². The van der Waals surface area contributed by atoms with Gasteiger partial charge in [-0.15, -0.1) is 0 Å². The normalized spacial score (nSPS) is 9.83. The van der Waals surface area contributed by atoms with Crippen LogP contribution in [0.4, 0.5) is 0 Å². The number of carbonyl (C=O) groups excluding carboxylic acids is 2. The van der Waals surface area contributed by atoms with Crippen LogP contribution in [0.25, 0.3) is 10.8 Å². The van der Waals surface area contributed by atoms with E-state index in [2.05, 4.69) is 5.84 Å². The molecule has 0 atom stereocenters. The highest BCUT2D eigenvalue weighted by Crippen LogP contribution is 2.24. The van der Waals surface area contributed by atoms with E-state index in [4.69, 9.17) is 9.84 Å². The molecule has 0 unspecified atom stereocenters. The lowest BCUT2D eigenvalue weighted by molar-refractivity contribution is -0.132. The van der Waals surface area contributed by atoms with Crippen molar-refractivity contribution < 1.29 is 24.2 Å². The molecule has 0 aliphatic carbocycles. The number of hydrogen-bond donors (Lipinski definition) is 3. The molecule has 1 amide bonds. The van der Waals surface area contributed by atoms with Crippen molar-refractivity contribution in [3.63, 3.8) is 0 Å². The minimum absolute atomic E-state index is 0.290. The van der Waals surface area contributed by atoms with Gasteiger partial charge in [0, 0.05) is 24.5 Å². The third-order valence-electron chi connectivity index (χ3n) is 2.52. The van der Waals surface area contributed by atoms with Crippen molar-refractivity contribution >= 4 is 28.6 Å². The summed E-state index contributed by atoms with van der Waals surface area (Å²) in [4.78, 5) is 30.7. The molecule has 2 aromatic rings. The summed E-state index contributed by atoms with van der Waals surface area (Å²) >= 11 is 0. The molecule has 0 radical (unpaired) electrons.